The first-order chi connectivity index (χ1) is 11.6. The van der Waals surface area contributed by atoms with Crippen molar-refractivity contribution in [3.05, 3.63) is 52.9 Å². The van der Waals surface area contributed by atoms with Crippen LogP contribution in [0.15, 0.2) is 46.0 Å². The van der Waals surface area contributed by atoms with Crippen molar-refractivity contribution in [2.24, 2.45) is 0 Å². The van der Waals surface area contributed by atoms with Gasteiger partial charge in [0.05, 0.1) is 13.2 Å². The van der Waals surface area contributed by atoms with Crippen LogP contribution >= 0.6 is 11.3 Å². The highest BCUT2D eigenvalue weighted by Crippen LogP contribution is 2.23. The van der Waals surface area contributed by atoms with Gasteiger partial charge in [-0.3, -0.25) is 4.90 Å². The minimum atomic E-state index is -3.46. The van der Waals surface area contributed by atoms with Gasteiger partial charge in [0.1, 0.15) is 4.21 Å². The summed E-state index contributed by atoms with van der Waals surface area (Å²) in [5, 5.41) is 1.77. The van der Waals surface area contributed by atoms with Crippen molar-refractivity contribution in [1.29, 1.82) is 0 Å². The van der Waals surface area contributed by atoms with Crippen LogP contribution in [-0.2, 0) is 14.8 Å². The molecule has 1 atom stereocenters. The molecule has 1 aliphatic rings. The summed E-state index contributed by atoms with van der Waals surface area (Å²) in [5.41, 5.74) is 2.30. The van der Waals surface area contributed by atoms with E-state index in [2.05, 4.69) is 34.7 Å². The van der Waals surface area contributed by atoms with E-state index < -0.39 is 10.0 Å². The summed E-state index contributed by atoms with van der Waals surface area (Å²) < 4.78 is 33.4. The summed E-state index contributed by atoms with van der Waals surface area (Å²) in [5.74, 6) is 0. The smallest absolute Gasteiger partial charge is 0.250 e. The molecule has 0 bridgehead atoms. The van der Waals surface area contributed by atoms with Crippen molar-refractivity contribution in [3.63, 3.8) is 0 Å². The Morgan fingerprint density at radius 3 is 2.71 bits per heavy atom. The summed E-state index contributed by atoms with van der Waals surface area (Å²) >= 11 is 1.23. The number of aryl methyl sites for hydroxylation is 1. The second-order valence-electron chi connectivity index (χ2n) is 5.86. The molecule has 24 heavy (non-hydrogen) atoms. The first-order valence-corrected chi connectivity index (χ1v) is 10.3. The van der Waals surface area contributed by atoms with Crippen molar-refractivity contribution in [2.75, 3.05) is 32.8 Å². The topological polar surface area (TPSA) is 58.6 Å². The molecule has 1 N–H and O–H groups in total. The Balaban J connectivity index is 1.79. The van der Waals surface area contributed by atoms with Crippen molar-refractivity contribution in [1.82, 2.24) is 9.62 Å². The van der Waals surface area contributed by atoms with Crippen LogP contribution in [0, 0.1) is 6.92 Å². The zero-order valence-corrected chi connectivity index (χ0v) is 15.3. The lowest BCUT2D eigenvalue weighted by atomic mass is 10.0. The SMILES string of the molecule is Cc1cccc(C(CNS(=O)(=O)c2cccs2)N2CCOCC2)c1. The van der Waals surface area contributed by atoms with Gasteiger partial charge in [0.2, 0.25) is 10.0 Å². The standard InChI is InChI=1S/C17H22N2O3S2/c1-14-4-2-5-15(12-14)16(19-7-9-22-10-8-19)13-18-24(20,21)17-6-3-11-23-17/h2-6,11-12,16,18H,7-10,13H2,1H3. The lowest BCUT2D eigenvalue weighted by Gasteiger charge is -2.35. The van der Waals surface area contributed by atoms with E-state index in [0.29, 0.717) is 24.0 Å². The van der Waals surface area contributed by atoms with Gasteiger partial charge in [0.25, 0.3) is 0 Å². The molecule has 0 spiro atoms. The average Bonchev–Trinajstić information content (AvgIpc) is 3.11. The minimum Gasteiger partial charge on any atom is -0.379 e. The number of thiophene rings is 1. The molecule has 1 unspecified atom stereocenters. The quantitative estimate of drug-likeness (QED) is 0.853. The van der Waals surface area contributed by atoms with E-state index in [0.717, 1.165) is 18.7 Å². The number of hydrogen-bond donors (Lipinski definition) is 1. The lowest BCUT2D eigenvalue weighted by molar-refractivity contribution is 0.0172. The Labute approximate surface area is 147 Å². The Morgan fingerprint density at radius 1 is 1.25 bits per heavy atom. The Kier molecular flexibility index (Phi) is 5.68. The number of morpholine rings is 1. The van der Waals surface area contributed by atoms with Crippen LogP contribution in [-0.4, -0.2) is 46.2 Å². The highest BCUT2D eigenvalue weighted by atomic mass is 32.2. The van der Waals surface area contributed by atoms with Crippen LogP contribution in [0.4, 0.5) is 0 Å². The summed E-state index contributed by atoms with van der Waals surface area (Å²) in [4.78, 5) is 2.29. The van der Waals surface area contributed by atoms with Gasteiger partial charge in [-0.15, -0.1) is 11.3 Å². The van der Waals surface area contributed by atoms with Crippen LogP contribution < -0.4 is 4.72 Å². The Bertz CT molecular complexity index is 754. The molecule has 0 amide bonds. The van der Waals surface area contributed by atoms with Gasteiger partial charge < -0.3 is 4.74 Å². The molecule has 1 aliphatic heterocycles. The Hall–Kier alpha value is -1.25. The molecule has 0 saturated carbocycles. The van der Waals surface area contributed by atoms with Crippen LogP contribution in [0.1, 0.15) is 17.2 Å². The molecule has 0 aliphatic carbocycles. The van der Waals surface area contributed by atoms with Crippen molar-refractivity contribution in [3.8, 4) is 0 Å². The van der Waals surface area contributed by atoms with Gasteiger partial charge in [0.15, 0.2) is 0 Å². The highest BCUT2D eigenvalue weighted by molar-refractivity contribution is 7.91. The molecule has 3 rings (SSSR count). The molecule has 5 nitrogen and oxygen atoms in total. The molecule has 1 saturated heterocycles. The molecule has 2 aromatic rings. The molecule has 2 heterocycles. The summed E-state index contributed by atoms with van der Waals surface area (Å²) in [6.07, 6.45) is 0. The molecule has 130 valence electrons. The van der Waals surface area contributed by atoms with Crippen LogP contribution in [0.5, 0.6) is 0 Å². The van der Waals surface area contributed by atoms with Gasteiger partial charge in [0, 0.05) is 25.7 Å². The fourth-order valence-corrected chi connectivity index (χ4v) is 4.98. The molecule has 7 heteroatoms. The fourth-order valence-electron chi connectivity index (χ4n) is 2.90. The number of ether oxygens (including phenoxy) is 1. The molecule has 1 aromatic heterocycles. The lowest BCUT2D eigenvalue weighted by Crippen LogP contribution is -2.43. The second-order valence-corrected chi connectivity index (χ2v) is 8.80. The third-order valence-electron chi connectivity index (χ3n) is 4.14. The minimum absolute atomic E-state index is 0.00328. The average molecular weight is 367 g/mol. The monoisotopic (exact) mass is 366 g/mol. The van der Waals surface area contributed by atoms with Gasteiger partial charge in [-0.05, 0) is 23.9 Å². The summed E-state index contributed by atoms with van der Waals surface area (Å²) in [6, 6.07) is 11.6. The van der Waals surface area contributed by atoms with E-state index in [1.807, 2.05) is 6.07 Å². The summed E-state index contributed by atoms with van der Waals surface area (Å²) in [7, 11) is -3.46. The zero-order chi connectivity index (χ0) is 17.0. The van der Waals surface area contributed by atoms with Crippen molar-refractivity contribution in [2.45, 2.75) is 17.2 Å². The van der Waals surface area contributed by atoms with Gasteiger partial charge >= 0.3 is 0 Å². The van der Waals surface area contributed by atoms with E-state index in [9.17, 15) is 8.42 Å². The third kappa shape index (κ3) is 4.23. The van der Waals surface area contributed by atoms with Crippen LogP contribution in [0.2, 0.25) is 0 Å². The predicted octanol–water partition coefficient (Wildman–Crippen LogP) is 2.41. The molecule has 0 radical (unpaired) electrons. The van der Waals surface area contributed by atoms with Gasteiger partial charge in [-0.2, -0.15) is 0 Å². The maximum atomic E-state index is 12.4. The van der Waals surface area contributed by atoms with Crippen molar-refractivity contribution < 1.29 is 13.2 Å². The first-order valence-electron chi connectivity index (χ1n) is 7.98. The fraction of sp³-hybridized carbons (Fsp3) is 0.412. The molecular formula is C17H22N2O3S2. The number of hydrogen-bond acceptors (Lipinski definition) is 5. The normalized spacial score (nSPS) is 17.7. The zero-order valence-electron chi connectivity index (χ0n) is 13.6. The predicted molar refractivity (Wildman–Crippen MR) is 95.8 cm³/mol. The van der Waals surface area contributed by atoms with E-state index in [1.54, 1.807) is 17.5 Å². The maximum absolute atomic E-state index is 12.4. The van der Waals surface area contributed by atoms with E-state index in [-0.39, 0.29) is 6.04 Å². The molecular weight excluding hydrogens is 344 g/mol. The van der Waals surface area contributed by atoms with E-state index in [4.69, 9.17) is 4.74 Å². The van der Waals surface area contributed by atoms with Crippen LogP contribution in [0.3, 0.4) is 0 Å². The third-order valence-corrected chi connectivity index (χ3v) is 6.96. The first kappa shape index (κ1) is 17.6. The van der Waals surface area contributed by atoms with E-state index in [1.165, 1.54) is 16.9 Å². The van der Waals surface area contributed by atoms with Gasteiger partial charge in [-0.25, -0.2) is 13.1 Å². The van der Waals surface area contributed by atoms with Crippen LogP contribution in [0.25, 0.3) is 0 Å². The number of nitrogens with one attached hydrogen (secondary N) is 1. The number of benzene rings is 1. The second kappa shape index (κ2) is 7.76. The Morgan fingerprint density at radius 2 is 2.04 bits per heavy atom. The summed E-state index contributed by atoms with van der Waals surface area (Å²) in [6.45, 7) is 5.37. The molecule has 1 aromatic carbocycles. The largest absolute Gasteiger partial charge is 0.379 e. The van der Waals surface area contributed by atoms with E-state index >= 15 is 0 Å². The number of nitrogens with zero attached hydrogens (tertiary/aromatic N) is 1. The number of sulfonamides is 1. The number of rotatable bonds is 6. The maximum Gasteiger partial charge on any atom is 0.250 e. The van der Waals surface area contributed by atoms with Gasteiger partial charge in [-0.1, -0.05) is 35.9 Å². The highest BCUT2D eigenvalue weighted by Gasteiger charge is 2.25. The molecule has 1 fully saturated rings. The van der Waals surface area contributed by atoms with Crippen molar-refractivity contribution >= 4 is 21.4 Å².